The molecule has 0 aliphatic rings. The lowest BCUT2D eigenvalue weighted by Crippen LogP contribution is -1.85. The minimum atomic E-state index is -0.326. The number of halogens is 1. The molecule has 0 aliphatic carbocycles. The molecule has 1 N–H and O–H groups in total. The van der Waals surface area contributed by atoms with E-state index in [1.54, 1.807) is 12.1 Å². The molecule has 0 saturated heterocycles. The van der Waals surface area contributed by atoms with Gasteiger partial charge in [-0.25, -0.2) is 4.39 Å². The number of H-pyrrole nitrogens is 1. The van der Waals surface area contributed by atoms with Crippen molar-refractivity contribution in [2.24, 2.45) is 0 Å². The number of aromatic amines is 1. The number of benzene rings is 1. The van der Waals surface area contributed by atoms with Gasteiger partial charge in [0.1, 0.15) is 16.5 Å². The van der Waals surface area contributed by atoms with E-state index >= 15 is 0 Å². The first-order valence-electron chi connectivity index (χ1n) is 3.93. The van der Waals surface area contributed by atoms with Crippen molar-refractivity contribution in [1.29, 1.82) is 5.26 Å². The van der Waals surface area contributed by atoms with Crippen LogP contribution in [0.1, 0.15) is 5.56 Å². The normalized spacial score (nSPS) is 10.0. The molecule has 0 fully saturated rings. The van der Waals surface area contributed by atoms with Gasteiger partial charge >= 0.3 is 0 Å². The van der Waals surface area contributed by atoms with Crippen molar-refractivity contribution in [3.05, 3.63) is 40.3 Å². The Morgan fingerprint density at radius 1 is 1.36 bits per heavy atom. The Kier molecular flexibility index (Phi) is 2.02. The molecule has 1 heterocycles. The second-order valence-corrected chi connectivity index (χ2v) is 3.26. The third kappa shape index (κ3) is 1.38. The van der Waals surface area contributed by atoms with Crippen molar-refractivity contribution in [2.45, 2.75) is 0 Å². The van der Waals surface area contributed by atoms with Crippen LogP contribution in [0.15, 0.2) is 24.3 Å². The van der Waals surface area contributed by atoms with Gasteiger partial charge < -0.3 is 4.98 Å². The Hall–Kier alpha value is -1.73. The summed E-state index contributed by atoms with van der Waals surface area (Å²) in [5, 5.41) is 9.50. The van der Waals surface area contributed by atoms with E-state index in [1.165, 1.54) is 12.1 Å². The van der Waals surface area contributed by atoms with Crippen LogP contribution in [0.3, 0.4) is 0 Å². The molecule has 68 valence electrons. The smallest absolute Gasteiger partial charge is 0.125 e. The number of nitrogens with zero attached hydrogens (tertiary/aromatic N) is 1. The lowest BCUT2D eigenvalue weighted by Gasteiger charge is -1.98. The van der Waals surface area contributed by atoms with Crippen LogP contribution >= 0.6 is 12.2 Å². The van der Waals surface area contributed by atoms with Gasteiger partial charge in [-0.1, -0.05) is 12.2 Å². The van der Waals surface area contributed by atoms with Crippen molar-refractivity contribution in [3.8, 4) is 6.07 Å². The summed E-state index contributed by atoms with van der Waals surface area (Å²) in [5.41, 5.74) is 1.01. The highest BCUT2D eigenvalue weighted by Crippen LogP contribution is 2.15. The van der Waals surface area contributed by atoms with Crippen LogP contribution < -0.4 is 0 Å². The standard InChI is InChI=1S/C10H5FN2S/c11-8-2-1-6-3-7(5-12)10(14)13-9(6)4-8/h1-4H,(H,13,14). The number of aromatic nitrogens is 1. The minimum absolute atomic E-state index is 0.326. The van der Waals surface area contributed by atoms with Crippen LogP contribution in [0.4, 0.5) is 4.39 Å². The van der Waals surface area contributed by atoms with Crippen LogP contribution in [0.2, 0.25) is 0 Å². The molecule has 1 aromatic carbocycles. The molecule has 0 unspecified atom stereocenters. The monoisotopic (exact) mass is 204 g/mol. The maximum atomic E-state index is 12.8. The van der Waals surface area contributed by atoms with Gasteiger partial charge in [-0.05, 0) is 29.7 Å². The first kappa shape index (κ1) is 8.85. The Morgan fingerprint density at radius 3 is 2.86 bits per heavy atom. The van der Waals surface area contributed by atoms with Gasteiger partial charge in [-0.3, -0.25) is 0 Å². The summed E-state index contributed by atoms with van der Waals surface area (Å²) in [4.78, 5) is 2.80. The number of hydrogen-bond donors (Lipinski definition) is 1. The van der Waals surface area contributed by atoms with Gasteiger partial charge in [-0.15, -0.1) is 0 Å². The van der Waals surface area contributed by atoms with E-state index in [0.717, 1.165) is 5.39 Å². The van der Waals surface area contributed by atoms with Crippen LogP contribution in [0.5, 0.6) is 0 Å². The number of hydrogen-bond acceptors (Lipinski definition) is 2. The van der Waals surface area contributed by atoms with Gasteiger partial charge in [0.05, 0.1) is 5.56 Å². The fourth-order valence-electron chi connectivity index (χ4n) is 1.26. The Bertz CT molecular complexity index is 595. The molecule has 14 heavy (non-hydrogen) atoms. The van der Waals surface area contributed by atoms with Crippen molar-refractivity contribution in [1.82, 2.24) is 4.98 Å². The van der Waals surface area contributed by atoms with E-state index < -0.39 is 0 Å². The molecule has 0 aliphatic heterocycles. The van der Waals surface area contributed by atoms with Gasteiger partial charge in [0, 0.05) is 5.52 Å². The molecule has 1 aromatic heterocycles. The van der Waals surface area contributed by atoms with E-state index in [4.69, 9.17) is 17.5 Å². The highest BCUT2D eigenvalue weighted by Gasteiger charge is 1.99. The van der Waals surface area contributed by atoms with Gasteiger partial charge in [0.25, 0.3) is 0 Å². The molecule has 0 atom stereocenters. The predicted octanol–water partition coefficient (Wildman–Crippen LogP) is 2.91. The van der Waals surface area contributed by atoms with Crippen molar-refractivity contribution in [3.63, 3.8) is 0 Å². The number of nitrogens with one attached hydrogen (secondary N) is 1. The first-order chi connectivity index (χ1) is 6.70. The van der Waals surface area contributed by atoms with Crippen molar-refractivity contribution >= 4 is 23.1 Å². The molecule has 0 bridgehead atoms. The Labute approximate surface area is 84.6 Å². The third-order valence-electron chi connectivity index (χ3n) is 1.93. The molecule has 0 saturated carbocycles. The average molecular weight is 204 g/mol. The van der Waals surface area contributed by atoms with Crippen molar-refractivity contribution < 1.29 is 4.39 Å². The molecular weight excluding hydrogens is 199 g/mol. The number of pyridine rings is 1. The zero-order valence-electron chi connectivity index (χ0n) is 7.04. The summed E-state index contributed by atoms with van der Waals surface area (Å²) in [7, 11) is 0. The second kappa shape index (κ2) is 3.20. The second-order valence-electron chi connectivity index (χ2n) is 2.86. The Morgan fingerprint density at radius 2 is 2.14 bits per heavy atom. The summed E-state index contributed by atoms with van der Waals surface area (Å²) in [6.45, 7) is 0. The maximum Gasteiger partial charge on any atom is 0.125 e. The SMILES string of the molecule is N#Cc1cc2ccc(F)cc2[nH]c1=S. The maximum absolute atomic E-state index is 12.8. The van der Waals surface area contributed by atoms with Crippen LogP contribution in [-0.4, -0.2) is 4.98 Å². The minimum Gasteiger partial charge on any atom is -0.345 e. The quantitative estimate of drug-likeness (QED) is 0.670. The van der Waals surface area contributed by atoms with E-state index in [0.29, 0.717) is 15.7 Å². The van der Waals surface area contributed by atoms with E-state index in [-0.39, 0.29) is 5.82 Å². The van der Waals surface area contributed by atoms with Crippen LogP contribution in [-0.2, 0) is 0 Å². The van der Waals surface area contributed by atoms with Gasteiger partial charge in [-0.2, -0.15) is 5.26 Å². The summed E-state index contributed by atoms with van der Waals surface area (Å²) < 4.78 is 13.2. The fraction of sp³-hybridized carbons (Fsp3) is 0. The molecule has 2 nitrogen and oxygen atoms in total. The lowest BCUT2D eigenvalue weighted by molar-refractivity contribution is 0.629. The highest BCUT2D eigenvalue weighted by molar-refractivity contribution is 7.71. The topological polar surface area (TPSA) is 39.6 Å². The summed E-state index contributed by atoms with van der Waals surface area (Å²) in [6.07, 6.45) is 0. The molecule has 0 radical (unpaired) electrons. The number of fused-ring (bicyclic) bond motifs is 1. The lowest BCUT2D eigenvalue weighted by atomic mass is 10.2. The molecular formula is C10H5FN2S. The third-order valence-corrected chi connectivity index (χ3v) is 2.25. The van der Waals surface area contributed by atoms with E-state index in [2.05, 4.69) is 4.98 Å². The van der Waals surface area contributed by atoms with Crippen molar-refractivity contribution in [2.75, 3.05) is 0 Å². The van der Waals surface area contributed by atoms with Crippen LogP contribution in [0.25, 0.3) is 10.9 Å². The molecule has 2 rings (SSSR count). The fourth-order valence-corrected chi connectivity index (χ4v) is 1.47. The van der Waals surface area contributed by atoms with Gasteiger partial charge in [0.2, 0.25) is 0 Å². The summed E-state index contributed by atoms with van der Waals surface area (Å²) in [5.74, 6) is -0.326. The van der Waals surface area contributed by atoms with Gasteiger partial charge in [0.15, 0.2) is 0 Å². The predicted molar refractivity (Wildman–Crippen MR) is 53.8 cm³/mol. The molecule has 2 aromatic rings. The average Bonchev–Trinajstić information content (AvgIpc) is 2.16. The molecule has 0 spiro atoms. The summed E-state index contributed by atoms with van der Waals surface area (Å²) >= 11 is 4.92. The van der Waals surface area contributed by atoms with Crippen LogP contribution in [0, 0.1) is 21.8 Å². The molecule has 4 heteroatoms. The molecule has 0 amide bonds. The Balaban J connectivity index is 2.88. The summed E-state index contributed by atoms with van der Waals surface area (Å²) in [6, 6.07) is 7.93. The number of nitriles is 1. The zero-order valence-corrected chi connectivity index (χ0v) is 7.86. The van der Waals surface area contributed by atoms with E-state index in [1.807, 2.05) is 6.07 Å². The number of rotatable bonds is 0. The largest absolute Gasteiger partial charge is 0.345 e. The zero-order chi connectivity index (χ0) is 10.1. The highest BCUT2D eigenvalue weighted by atomic mass is 32.1. The first-order valence-corrected chi connectivity index (χ1v) is 4.34. The van der Waals surface area contributed by atoms with E-state index in [9.17, 15) is 4.39 Å².